The average Bonchev–Trinajstić information content (AvgIpc) is 2.48. The summed E-state index contributed by atoms with van der Waals surface area (Å²) in [5.74, 6) is 1.71. The maximum atomic E-state index is 6.22. The van der Waals surface area contributed by atoms with Crippen LogP contribution in [0.15, 0.2) is 48.5 Å². The molecule has 3 nitrogen and oxygen atoms in total. The second-order valence-electron chi connectivity index (χ2n) is 4.43. The third-order valence-corrected chi connectivity index (χ3v) is 3.16. The number of hydrogen-bond donors (Lipinski definition) is 1. The van der Waals surface area contributed by atoms with Gasteiger partial charge in [-0.1, -0.05) is 24.3 Å². The Morgan fingerprint density at radius 1 is 0.842 bits per heavy atom. The van der Waals surface area contributed by atoms with Gasteiger partial charge in [0.2, 0.25) is 0 Å². The van der Waals surface area contributed by atoms with Gasteiger partial charge >= 0.3 is 0 Å². The molecule has 2 aromatic rings. The summed E-state index contributed by atoms with van der Waals surface area (Å²) in [7, 11) is 3.32. The van der Waals surface area contributed by atoms with Gasteiger partial charge < -0.3 is 15.2 Å². The lowest BCUT2D eigenvalue weighted by molar-refractivity contribution is 0.414. The number of nitrogens with two attached hydrogens (primary N) is 1. The van der Waals surface area contributed by atoms with Crippen LogP contribution in [0.25, 0.3) is 0 Å². The summed E-state index contributed by atoms with van der Waals surface area (Å²) < 4.78 is 10.3. The zero-order valence-corrected chi connectivity index (χ0v) is 11.3. The lowest BCUT2D eigenvalue weighted by atomic mass is 9.99. The van der Waals surface area contributed by atoms with E-state index in [1.807, 2.05) is 48.5 Å². The first kappa shape index (κ1) is 13.4. The smallest absolute Gasteiger partial charge is 0.118 e. The molecule has 2 aromatic carbocycles. The standard InChI is InChI=1S/C16H19NO2/c1-18-14-7-3-12(4-8-14)11-16(17)13-5-9-15(19-2)10-6-13/h3-10,16H,11,17H2,1-2H3/t16-/m0/s1. The zero-order chi connectivity index (χ0) is 13.7. The van der Waals surface area contributed by atoms with Crippen molar-refractivity contribution in [1.82, 2.24) is 0 Å². The SMILES string of the molecule is COc1ccc(C[C@H](N)c2ccc(OC)cc2)cc1. The lowest BCUT2D eigenvalue weighted by Gasteiger charge is -2.13. The molecule has 0 bridgehead atoms. The van der Waals surface area contributed by atoms with Crippen molar-refractivity contribution in [1.29, 1.82) is 0 Å². The van der Waals surface area contributed by atoms with Crippen LogP contribution in [0, 0.1) is 0 Å². The lowest BCUT2D eigenvalue weighted by Crippen LogP contribution is -2.13. The molecule has 0 aliphatic carbocycles. The van der Waals surface area contributed by atoms with Crippen molar-refractivity contribution in [3.05, 3.63) is 59.7 Å². The summed E-state index contributed by atoms with van der Waals surface area (Å²) in [6.07, 6.45) is 0.802. The maximum Gasteiger partial charge on any atom is 0.118 e. The van der Waals surface area contributed by atoms with Gasteiger partial charge in [-0.15, -0.1) is 0 Å². The Morgan fingerprint density at radius 3 is 1.79 bits per heavy atom. The number of rotatable bonds is 5. The van der Waals surface area contributed by atoms with Crippen LogP contribution in [0.3, 0.4) is 0 Å². The minimum Gasteiger partial charge on any atom is -0.497 e. The molecule has 0 fully saturated rings. The molecule has 2 N–H and O–H groups in total. The highest BCUT2D eigenvalue weighted by Crippen LogP contribution is 2.20. The van der Waals surface area contributed by atoms with Crippen molar-refractivity contribution in [2.45, 2.75) is 12.5 Å². The van der Waals surface area contributed by atoms with E-state index in [9.17, 15) is 0 Å². The Bertz CT molecular complexity index is 505. The number of hydrogen-bond acceptors (Lipinski definition) is 3. The molecule has 0 aromatic heterocycles. The molecular weight excluding hydrogens is 238 g/mol. The molecular formula is C16H19NO2. The summed E-state index contributed by atoms with van der Waals surface area (Å²) in [5, 5.41) is 0. The molecule has 0 spiro atoms. The van der Waals surface area contributed by atoms with Crippen LogP contribution >= 0.6 is 0 Å². The molecule has 0 aliphatic rings. The van der Waals surface area contributed by atoms with Gasteiger partial charge in [-0.2, -0.15) is 0 Å². The second kappa shape index (κ2) is 6.25. The fraction of sp³-hybridized carbons (Fsp3) is 0.250. The highest BCUT2D eigenvalue weighted by Gasteiger charge is 2.07. The molecule has 19 heavy (non-hydrogen) atoms. The highest BCUT2D eigenvalue weighted by molar-refractivity contribution is 5.32. The van der Waals surface area contributed by atoms with Gasteiger partial charge in [0, 0.05) is 6.04 Å². The van der Waals surface area contributed by atoms with E-state index in [-0.39, 0.29) is 6.04 Å². The third-order valence-electron chi connectivity index (χ3n) is 3.16. The van der Waals surface area contributed by atoms with Gasteiger partial charge in [0.1, 0.15) is 11.5 Å². The molecule has 1 atom stereocenters. The molecule has 0 saturated carbocycles. The van der Waals surface area contributed by atoms with E-state index >= 15 is 0 Å². The van der Waals surface area contributed by atoms with Crippen LogP contribution in [-0.2, 0) is 6.42 Å². The minimum absolute atomic E-state index is 0.0145. The second-order valence-corrected chi connectivity index (χ2v) is 4.43. The molecule has 2 rings (SSSR count). The van der Waals surface area contributed by atoms with Crippen LogP contribution in [0.1, 0.15) is 17.2 Å². The fourth-order valence-corrected chi connectivity index (χ4v) is 1.98. The van der Waals surface area contributed by atoms with E-state index in [0.717, 1.165) is 23.5 Å². The van der Waals surface area contributed by atoms with Gasteiger partial charge in [-0.05, 0) is 41.8 Å². The van der Waals surface area contributed by atoms with E-state index in [1.54, 1.807) is 14.2 Å². The van der Waals surface area contributed by atoms with Crippen LogP contribution < -0.4 is 15.2 Å². The van der Waals surface area contributed by atoms with Gasteiger partial charge in [-0.25, -0.2) is 0 Å². The number of methoxy groups -OCH3 is 2. The first-order chi connectivity index (χ1) is 9.22. The van der Waals surface area contributed by atoms with Crippen molar-refractivity contribution in [2.75, 3.05) is 14.2 Å². The highest BCUT2D eigenvalue weighted by atomic mass is 16.5. The number of ether oxygens (including phenoxy) is 2. The molecule has 3 heteroatoms. The van der Waals surface area contributed by atoms with Crippen molar-refractivity contribution < 1.29 is 9.47 Å². The molecule has 0 radical (unpaired) electrons. The van der Waals surface area contributed by atoms with E-state index < -0.39 is 0 Å². The Hall–Kier alpha value is -2.00. The monoisotopic (exact) mass is 257 g/mol. The Kier molecular flexibility index (Phi) is 4.42. The van der Waals surface area contributed by atoms with Crippen LogP contribution in [0.5, 0.6) is 11.5 Å². The van der Waals surface area contributed by atoms with E-state index in [4.69, 9.17) is 15.2 Å². The summed E-state index contributed by atoms with van der Waals surface area (Å²) in [4.78, 5) is 0. The quantitative estimate of drug-likeness (QED) is 0.895. The van der Waals surface area contributed by atoms with Crippen molar-refractivity contribution >= 4 is 0 Å². The Labute approximate surface area is 114 Å². The molecule has 100 valence electrons. The van der Waals surface area contributed by atoms with E-state index in [1.165, 1.54) is 5.56 Å². The fourth-order valence-electron chi connectivity index (χ4n) is 1.98. The molecule has 0 aliphatic heterocycles. The number of benzene rings is 2. The van der Waals surface area contributed by atoms with E-state index in [0.29, 0.717) is 0 Å². The maximum absolute atomic E-state index is 6.22. The summed E-state index contributed by atoms with van der Waals surface area (Å²) >= 11 is 0. The van der Waals surface area contributed by atoms with Gasteiger partial charge in [0.05, 0.1) is 14.2 Å². The molecule has 0 heterocycles. The first-order valence-corrected chi connectivity index (χ1v) is 6.25. The Balaban J connectivity index is 2.04. The van der Waals surface area contributed by atoms with Gasteiger partial charge in [-0.3, -0.25) is 0 Å². The molecule has 0 saturated heterocycles. The van der Waals surface area contributed by atoms with E-state index in [2.05, 4.69) is 0 Å². The minimum atomic E-state index is -0.0145. The summed E-state index contributed by atoms with van der Waals surface area (Å²) in [6, 6.07) is 15.9. The Morgan fingerprint density at radius 2 is 1.32 bits per heavy atom. The zero-order valence-electron chi connectivity index (χ0n) is 11.3. The molecule has 0 unspecified atom stereocenters. The largest absolute Gasteiger partial charge is 0.497 e. The first-order valence-electron chi connectivity index (χ1n) is 6.25. The van der Waals surface area contributed by atoms with Crippen molar-refractivity contribution in [3.63, 3.8) is 0 Å². The molecule has 0 amide bonds. The van der Waals surface area contributed by atoms with Crippen molar-refractivity contribution in [3.8, 4) is 11.5 Å². The van der Waals surface area contributed by atoms with Crippen LogP contribution in [0.2, 0.25) is 0 Å². The normalized spacial score (nSPS) is 11.9. The van der Waals surface area contributed by atoms with Gasteiger partial charge in [0.15, 0.2) is 0 Å². The van der Waals surface area contributed by atoms with Crippen LogP contribution in [0.4, 0.5) is 0 Å². The summed E-state index contributed by atoms with van der Waals surface area (Å²) in [5.41, 5.74) is 8.52. The third kappa shape index (κ3) is 3.48. The predicted molar refractivity (Wildman–Crippen MR) is 76.6 cm³/mol. The predicted octanol–water partition coefficient (Wildman–Crippen LogP) is 2.95. The van der Waals surface area contributed by atoms with Gasteiger partial charge in [0.25, 0.3) is 0 Å². The topological polar surface area (TPSA) is 44.5 Å². The summed E-state index contributed by atoms with van der Waals surface area (Å²) in [6.45, 7) is 0. The average molecular weight is 257 g/mol. The van der Waals surface area contributed by atoms with Crippen molar-refractivity contribution in [2.24, 2.45) is 5.73 Å². The van der Waals surface area contributed by atoms with Crippen LogP contribution in [-0.4, -0.2) is 14.2 Å².